The van der Waals surface area contributed by atoms with Gasteiger partial charge in [0, 0.05) is 6.04 Å². The Morgan fingerprint density at radius 1 is 1.25 bits per heavy atom. The van der Waals surface area contributed by atoms with Crippen LogP contribution in [0.4, 0.5) is 0 Å². The minimum Gasteiger partial charge on any atom is -0.310 e. The zero-order valence-electron chi connectivity index (χ0n) is 13.5. The fraction of sp³-hybridized carbons (Fsp3) is 0.684. The van der Waals surface area contributed by atoms with Crippen LogP contribution < -0.4 is 5.32 Å². The second-order valence-electron chi connectivity index (χ2n) is 6.75. The molecule has 0 bridgehead atoms. The summed E-state index contributed by atoms with van der Waals surface area (Å²) >= 11 is 0. The number of aryl methyl sites for hydroxylation is 1. The van der Waals surface area contributed by atoms with Gasteiger partial charge in [0.2, 0.25) is 0 Å². The molecule has 1 heteroatoms. The van der Waals surface area contributed by atoms with Crippen molar-refractivity contribution in [2.45, 2.75) is 65.3 Å². The summed E-state index contributed by atoms with van der Waals surface area (Å²) in [7, 11) is 0. The van der Waals surface area contributed by atoms with Crippen molar-refractivity contribution in [1.29, 1.82) is 0 Å². The number of benzene rings is 1. The third kappa shape index (κ3) is 4.09. The molecule has 1 aliphatic rings. The van der Waals surface area contributed by atoms with Crippen LogP contribution >= 0.6 is 0 Å². The van der Waals surface area contributed by atoms with Crippen LogP contribution in [0, 0.1) is 11.8 Å². The van der Waals surface area contributed by atoms with Gasteiger partial charge >= 0.3 is 0 Å². The maximum atomic E-state index is 3.84. The first-order chi connectivity index (χ1) is 9.72. The third-order valence-electron chi connectivity index (χ3n) is 4.61. The van der Waals surface area contributed by atoms with E-state index in [2.05, 4.69) is 50.4 Å². The van der Waals surface area contributed by atoms with Crippen LogP contribution in [0.5, 0.6) is 0 Å². The number of fused-ring (bicyclic) bond motifs is 1. The van der Waals surface area contributed by atoms with Crippen molar-refractivity contribution in [1.82, 2.24) is 5.32 Å². The molecule has 0 aliphatic heterocycles. The predicted molar refractivity (Wildman–Crippen MR) is 88.0 cm³/mol. The summed E-state index contributed by atoms with van der Waals surface area (Å²) in [6, 6.07) is 9.68. The normalized spacial score (nSPS) is 22.6. The first-order valence-corrected chi connectivity index (χ1v) is 8.53. The van der Waals surface area contributed by atoms with E-state index in [0.29, 0.717) is 6.04 Å². The molecule has 112 valence electrons. The molecule has 1 nitrogen and oxygen atoms in total. The van der Waals surface area contributed by atoms with E-state index in [1.165, 1.54) is 38.5 Å². The minimum absolute atomic E-state index is 0.576. The first kappa shape index (κ1) is 15.6. The fourth-order valence-corrected chi connectivity index (χ4v) is 3.48. The number of rotatable bonds is 6. The van der Waals surface area contributed by atoms with Crippen LogP contribution in [0.1, 0.15) is 70.0 Å². The summed E-state index contributed by atoms with van der Waals surface area (Å²) in [5.41, 5.74) is 3.15. The summed E-state index contributed by atoms with van der Waals surface area (Å²) in [5.74, 6) is 1.63. The van der Waals surface area contributed by atoms with E-state index in [4.69, 9.17) is 0 Å². The number of nitrogens with one attached hydrogen (secondary N) is 1. The minimum atomic E-state index is 0.576. The van der Waals surface area contributed by atoms with Crippen molar-refractivity contribution >= 4 is 0 Å². The maximum absolute atomic E-state index is 3.84. The molecular formula is C19H31N. The highest BCUT2D eigenvalue weighted by Crippen LogP contribution is 2.36. The smallest absolute Gasteiger partial charge is 0.0351 e. The highest BCUT2D eigenvalue weighted by molar-refractivity contribution is 5.31. The Labute approximate surface area is 125 Å². The Morgan fingerprint density at radius 2 is 2.05 bits per heavy atom. The van der Waals surface area contributed by atoms with Gasteiger partial charge < -0.3 is 5.32 Å². The van der Waals surface area contributed by atoms with E-state index >= 15 is 0 Å². The maximum Gasteiger partial charge on any atom is 0.0351 e. The van der Waals surface area contributed by atoms with Crippen LogP contribution in [0.2, 0.25) is 0 Å². The molecule has 20 heavy (non-hydrogen) atoms. The summed E-state index contributed by atoms with van der Waals surface area (Å²) in [4.78, 5) is 0. The molecule has 0 radical (unpaired) electrons. The molecule has 0 amide bonds. The average Bonchev–Trinajstić information content (AvgIpc) is 2.62. The van der Waals surface area contributed by atoms with Crippen molar-refractivity contribution in [2.24, 2.45) is 11.8 Å². The molecule has 1 aliphatic carbocycles. The van der Waals surface area contributed by atoms with Crippen LogP contribution in [0.15, 0.2) is 24.3 Å². The van der Waals surface area contributed by atoms with Crippen molar-refractivity contribution in [3.63, 3.8) is 0 Å². The second-order valence-corrected chi connectivity index (χ2v) is 6.75. The lowest BCUT2D eigenvalue weighted by Crippen LogP contribution is -2.29. The van der Waals surface area contributed by atoms with E-state index in [1.54, 1.807) is 11.1 Å². The Balaban J connectivity index is 2.17. The van der Waals surface area contributed by atoms with Gasteiger partial charge in [0.1, 0.15) is 0 Å². The molecule has 0 aromatic heterocycles. The van der Waals surface area contributed by atoms with Crippen LogP contribution in [-0.4, -0.2) is 6.54 Å². The number of hydrogen-bond donors (Lipinski definition) is 1. The van der Waals surface area contributed by atoms with Gasteiger partial charge in [0.25, 0.3) is 0 Å². The highest BCUT2D eigenvalue weighted by atomic mass is 14.9. The van der Waals surface area contributed by atoms with E-state index < -0.39 is 0 Å². The van der Waals surface area contributed by atoms with E-state index in [-0.39, 0.29) is 0 Å². The molecule has 2 unspecified atom stereocenters. The zero-order valence-corrected chi connectivity index (χ0v) is 13.5. The van der Waals surface area contributed by atoms with Crippen molar-refractivity contribution in [3.05, 3.63) is 35.4 Å². The monoisotopic (exact) mass is 273 g/mol. The Kier molecular flexibility index (Phi) is 6.09. The molecule has 2 rings (SSSR count). The molecule has 0 heterocycles. The van der Waals surface area contributed by atoms with Crippen LogP contribution in [0.3, 0.4) is 0 Å². The summed E-state index contributed by atoms with van der Waals surface area (Å²) in [6.07, 6.45) is 7.94. The number of hydrogen-bond acceptors (Lipinski definition) is 1. The molecule has 0 saturated heterocycles. The Morgan fingerprint density at radius 3 is 2.80 bits per heavy atom. The summed E-state index contributed by atoms with van der Waals surface area (Å²) < 4.78 is 0. The van der Waals surface area contributed by atoms with E-state index in [1.807, 2.05) is 0 Å². The molecule has 2 atom stereocenters. The lowest BCUT2D eigenvalue weighted by Gasteiger charge is -2.28. The van der Waals surface area contributed by atoms with Gasteiger partial charge in [-0.15, -0.1) is 0 Å². The highest BCUT2D eigenvalue weighted by Gasteiger charge is 2.26. The second kappa shape index (κ2) is 7.83. The average molecular weight is 273 g/mol. The van der Waals surface area contributed by atoms with E-state index in [0.717, 1.165) is 18.4 Å². The SMILES string of the molecule is CCCNC1c2ccccc2CCCC1CCC(C)C. The van der Waals surface area contributed by atoms with Crippen LogP contribution in [0.25, 0.3) is 0 Å². The van der Waals surface area contributed by atoms with E-state index in [9.17, 15) is 0 Å². The zero-order chi connectivity index (χ0) is 14.4. The molecular weight excluding hydrogens is 242 g/mol. The molecule has 1 aromatic carbocycles. The van der Waals surface area contributed by atoms with Crippen molar-refractivity contribution in [2.75, 3.05) is 6.54 Å². The third-order valence-corrected chi connectivity index (χ3v) is 4.61. The molecule has 1 N–H and O–H groups in total. The van der Waals surface area contributed by atoms with Gasteiger partial charge in [0.05, 0.1) is 0 Å². The quantitative estimate of drug-likeness (QED) is 0.710. The summed E-state index contributed by atoms with van der Waals surface area (Å²) in [5, 5.41) is 3.84. The largest absolute Gasteiger partial charge is 0.310 e. The first-order valence-electron chi connectivity index (χ1n) is 8.53. The van der Waals surface area contributed by atoms with Gasteiger partial charge in [0.15, 0.2) is 0 Å². The lowest BCUT2D eigenvalue weighted by molar-refractivity contribution is 0.304. The van der Waals surface area contributed by atoms with Gasteiger partial charge in [-0.25, -0.2) is 0 Å². The Bertz CT molecular complexity index is 397. The van der Waals surface area contributed by atoms with Crippen molar-refractivity contribution < 1.29 is 0 Å². The van der Waals surface area contributed by atoms with Crippen molar-refractivity contribution in [3.8, 4) is 0 Å². The predicted octanol–water partition coefficient (Wildman–Crippen LogP) is 5.12. The van der Waals surface area contributed by atoms with Gasteiger partial charge in [-0.1, -0.05) is 51.5 Å². The molecule has 0 saturated carbocycles. The van der Waals surface area contributed by atoms with Crippen LogP contribution in [-0.2, 0) is 6.42 Å². The molecule has 1 aromatic rings. The topological polar surface area (TPSA) is 12.0 Å². The van der Waals surface area contributed by atoms with Gasteiger partial charge in [-0.3, -0.25) is 0 Å². The standard InChI is InChI=1S/C19H31N/c1-4-14-20-19-17(13-12-15(2)3)10-7-9-16-8-5-6-11-18(16)19/h5-6,8,11,15,17,19-20H,4,7,9-10,12-14H2,1-3H3. The molecule has 0 spiro atoms. The Hall–Kier alpha value is -0.820. The fourth-order valence-electron chi connectivity index (χ4n) is 3.48. The summed E-state index contributed by atoms with van der Waals surface area (Å²) in [6.45, 7) is 8.09. The molecule has 0 fully saturated rings. The van der Waals surface area contributed by atoms with Gasteiger partial charge in [-0.2, -0.15) is 0 Å². The lowest BCUT2D eigenvalue weighted by atomic mass is 9.85. The van der Waals surface area contributed by atoms with Gasteiger partial charge in [-0.05, 0) is 61.6 Å².